The van der Waals surface area contributed by atoms with Crippen LogP contribution in [-0.2, 0) is 0 Å². The van der Waals surface area contributed by atoms with Gasteiger partial charge < -0.3 is 9.47 Å². The number of pyridine rings is 1. The lowest BCUT2D eigenvalue weighted by Crippen LogP contribution is -2.18. The first-order chi connectivity index (χ1) is 16.5. The van der Waals surface area contributed by atoms with Gasteiger partial charge in [0.15, 0.2) is 0 Å². The van der Waals surface area contributed by atoms with E-state index < -0.39 is 0 Å². The van der Waals surface area contributed by atoms with Crippen LogP contribution in [0.15, 0.2) is 77.9 Å². The molecular weight excluding hydrogens is 426 g/mol. The molecule has 0 aliphatic carbocycles. The molecule has 0 fully saturated rings. The molecule has 34 heavy (non-hydrogen) atoms. The average molecular weight is 454 g/mol. The Balaban J connectivity index is 1.67. The van der Waals surface area contributed by atoms with Gasteiger partial charge in [-0.3, -0.25) is 4.79 Å². The van der Waals surface area contributed by atoms with Gasteiger partial charge in [-0.25, -0.2) is 10.4 Å². The minimum absolute atomic E-state index is 0.322. The standard InChI is InChI=1S/C28H27N3O3/c1-18(2)20-11-9-19(10-12-20)17-29-31-28(32)23-16-26(30-25-8-6-5-7-22(23)25)24-15-21(33-3)13-14-27(24)34-4/h5-18H,1-4H3,(H,31,32). The number of carbonyl (C=O) groups excluding carboxylic acids is 1. The maximum absolute atomic E-state index is 13.1. The van der Waals surface area contributed by atoms with Gasteiger partial charge in [-0.2, -0.15) is 5.10 Å². The van der Waals surface area contributed by atoms with Crippen molar-refractivity contribution < 1.29 is 14.3 Å². The third-order valence-electron chi connectivity index (χ3n) is 5.63. The van der Waals surface area contributed by atoms with E-state index >= 15 is 0 Å². The molecule has 172 valence electrons. The topological polar surface area (TPSA) is 72.8 Å². The van der Waals surface area contributed by atoms with Crippen molar-refractivity contribution in [2.45, 2.75) is 19.8 Å². The van der Waals surface area contributed by atoms with Gasteiger partial charge in [0.25, 0.3) is 5.91 Å². The molecule has 0 aliphatic rings. The molecule has 0 aliphatic heterocycles. The summed E-state index contributed by atoms with van der Waals surface area (Å²) >= 11 is 0. The highest BCUT2D eigenvalue weighted by Gasteiger charge is 2.16. The molecule has 0 saturated heterocycles. The minimum Gasteiger partial charge on any atom is -0.497 e. The Bertz CT molecular complexity index is 1350. The van der Waals surface area contributed by atoms with Gasteiger partial charge in [-0.05, 0) is 47.4 Å². The monoisotopic (exact) mass is 453 g/mol. The van der Waals surface area contributed by atoms with Gasteiger partial charge in [0, 0.05) is 10.9 Å². The van der Waals surface area contributed by atoms with Crippen molar-refractivity contribution >= 4 is 23.0 Å². The summed E-state index contributed by atoms with van der Waals surface area (Å²) in [6.45, 7) is 4.30. The van der Waals surface area contributed by atoms with E-state index in [1.54, 1.807) is 26.5 Å². The second-order valence-corrected chi connectivity index (χ2v) is 8.16. The van der Waals surface area contributed by atoms with E-state index in [0.29, 0.717) is 34.2 Å². The lowest BCUT2D eigenvalue weighted by molar-refractivity contribution is 0.0956. The summed E-state index contributed by atoms with van der Waals surface area (Å²) in [6, 6.07) is 22.9. The molecule has 4 rings (SSSR count). The van der Waals surface area contributed by atoms with Gasteiger partial charge in [0.2, 0.25) is 0 Å². The van der Waals surface area contributed by atoms with E-state index in [1.165, 1.54) is 5.56 Å². The van der Waals surface area contributed by atoms with E-state index in [2.05, 4.69) is 36.5 Å². The van der Waals surface area contributed by atoms with Crippen LogP contribution >= 0.6 is 0 Å². The lowest BCUT2D eigenvalue weighted by Gasteiger charge is -2.13. The molecule has 0 radical (unpaired) electrons. The number of amides is 1. The fraction of sp³-hybridized carbons (Fsp3) is 0.179. The molecule has 1 amide bonds. The second kappa shape index (κ2) is 10.2. The van der Waals surface area contributed by atoms with E-state index in [9.17, 15) is 4.79 Å². The Labute approximate surface area is 199 Å². The molecule has 0 spiro atoms. The van der Waals surface area contributed by atoms with E-state index in [-0.39, 0.29) is 5.91 Å². The average Bonchev–Trinajstić information content (AvgIpc) is 2.87. The van der Waals surface area contributed by atoms with Crippen LogP contribution in [-0.4, -0.2) is 31.3 Å². The third kappa shape index (κ3) is 4.91. The number of fused-ring (bicyclic) bond motifs is 1. The van der Waals surface area contributed by atoms with Crippen molar-refractivity contribution in [2.24, 2.45) is 5.10 Å². The molecule has 0 saturated carbocycles. The van der Waals surface area contributed by atoms with E-state index in [4.69, 9.17) is 14.5 Å². The van der Waals surface area contributed by atoms with Crippen LogP contribution in [0.3, 0.4) is 0 Å². The Morgan fingerprint density at radius 1 is 0.971 bits per heavy atom. The Hall–Kier alpha value is -4.19. The summed E-state index contributed by atoms with van der Waals surface area (Å²) in [7, 11) is 3.20. The molecule has 0 atom stereocenters. The Morgan fingerprint density at radius 3 is 2.44 bits per heavy atom. The normalized spacial score (nSPS) is 11.2. The lowest BCUT2D eigenvalue weighted by atomic mass is 10.0. The van der Waals surface area contributed by atoms with Gasteiger partial charge in [0.1, 0.15) is 11.5 Å². The third-order valence-corrected chi connectivity index (χ3v) is 5.63. The van der Waals surface area contributed by atoms with Gasteiger partial charge in [-0.1, -0.05) is 56.3 Å². The molecule has 1 heterocycles. The van der Waals surface area contributed by atoms with Crippen molar-refractivity contribution in [2.75, 3.05) is 14.2 Å². The summed E-state index contributed by atoms with van der Waals surface area (Å²) < 4.78 is 10.9. The number of benzene rings is 3. The molecule has 6 heteroatoms. The highest BCUT2D eigenvalue weighted by Crippen LogP contribution is 2.34. The highest BCUT2D eigenvalue weighted by molar-refractivity contribution is 6.07. The summed E-state index contributed by atoms with van der Waals surface area (Å²) in [4.78, 5) is 17.9. The maximum Gasteiger partial charge on any atom is 0.272 e. The van der Waals surface area contributed by atoms with Crippen LogP contribution in [0, 0.1) is 0 Å². The minimum atomic E-state index is -0.322. The second-order valence-electron chi connectivity index (χ2n) is 8.16. The number of ether oxygens (including phenoxy) is 2. The van der Waals surface area contributed by atoms with Crippen LogP contribution < -0.4 is 14.9 Å². The van der Waals surface area contributed by atoms with Crippen molar-refractivity contribution in [3.63, 3.8) is 0 Å². The first-order valence-electron chi connectivity index (χ1n) is 11.1. The van der Waals surface area contributed by atoms with Crippen LogP contribution in [0.4, 0.5) is 0 Å². The molecule has 1 N–H and O–H groups in total. The first kappa shape index (κ1) is 23.0. The fourth-order valence-corrected chi connectivity index (χ4v) is 3.71. The zero-order valence-electron chi connectivity index (χ0n) is 19.7. The van der Waals surface area contributed by atoms with E-state index in [0.717, 1.165) is 16.5 Å². The number of carbonyl (C=O) groups is 1. The molecule has 6 nitrogen and oxygen atoms in total. The van der Waals surface area contributed by atoms with Gasteiger partial charge in [-0.15, -0.1) is 0 Å². The number of rotatable bonds is 7. The van der Waals surface area contributed by atoms with Crippen LogP contribution in [0.2, 0.25) is 0 Å². The van der Waals surface area contributed by atoms with Crippen LogP contribution in [0.25, 0.3) is 22.2 Å². The number of hydrogen-bond acceptors (Lipinski definition) is 5. The summed E-state index contributed by atoms with van der Waals surface area (Å²) in [5, 5.41) is 4.91. The molecule has 4 aromatic rings. The summed E-state index contributed by atoms with van der Waals surface area (Å²) in [6.07, 6.45) is 1.64. The maximum atomic E-state index is 13.1. The van der Waals surface area contributed by atoms with E-state index in [1.807, 2.05) is 54.6 Å². The number of aromatic nitrogens is 1. The quantitative estimate of drug-likeness (QED) is 0.283. The summed E-state index contributed by atoms with van der Waals surface area (Å²) in [5.74, 6) is 1.45. The van der Waals surface area contributed by atoms with Gasteiger partial charge in [0.05, 0.1) is 37.2 Å². The Kier molecular flexibility index (Phi) is 6.87. The highest BCUT2D eigenvalue weighted by atomic mass is 16.5. The van der Waals surface area contributed by atoms with Crippen molar-refractivity contribution in [1.82, 2.24) is 10.4 Å². The van der Waals surface area contributed by atoms with Crippen molar-refractivity contribution in [3.05, 3.63) is 89.5 Å². The van der Waals surface area contributed by atoms with Crippen molar-refractivity contribution in [3.8, 4) is 22.8 Å². The number of nitrogens with zero attached hydrogens (tertiary/aromatic N) is 2. The Morgan fingerprint density at radius 2 is 1.74 bits per heavy atom. The first-order valence-corrected chi connectivity index (χ1v) is 11.1. The number of hydrazone groups is 1. The SMILES string of the molecule is COc1ccc(OC)c(-c2cc(C(=O)NN=Cc3ccc(C(C)C)cc3)c3ccccc3n2)c1. The zero-order chi connectivity index (χ0) is 24.1. The van der Waals surface area contributed by atoms with Crippen LogP contribution in [0.1, 0.15) is 41.3 Å². The molecule has 3 aromatic carbocycles. The van der Waals surface area contributed by atoms with Crippen molar-refractivity contribution in [1.29, 1.82) is 0 Å². The van der Waals surface area contributed by atoms with Gasteiger partial charge >= 0.3 is 0 Å². The molecule has 1 aromatic heterocycles. The smallest absolute Gasteiger partial charge is 0.272 e. The fourth-order valence-electron chi connectivity index (χ4n) is 3.71. The number of para-hydroxylation sites is 1. The molecule has 0 unspecified atom stereocenters. The predicted octanol–water partition coefficient (Wildman–Crippen LogP) is 5.81. The number of hydrogen-bond donors (Lipinski definition) is 1. The largest absolute Gasteiger partial charge is 0.497 e. The van der Waals surface area contributed by atoms with Crippen LogP contribution in [0.5, 0.6) is 11.5 Å². The zero-order valence-corrected chi connectivity index (χ0v) is 19.7. The molecule has 0 bridgehead atoms. The number of nitrogens with one attached hydrogen (secondary N) is 1. The summed E-state index contributed by atoms with van der Waals surface area (Å²) in [5.41, 5.74) is 7.32. The molecular formula is C28H27N3O3. The number of methoxy groups -OCH3 is 2. The predicted molar refractivity (Wildman–Crippen MR) is 136 cm³/mol.